The minimum atomic E-state index is -0.872. The number of H-pyrrole nitrogens is 1. The third-order valence-corrected chi connectivity index (χ3v) is 3.58. The average Bonchev–Trinajstić information content (AvgIpc) is 2.91. The zero-order valence-electron chi connectivity index (χ0n) is 11.4. The van der Waals surface area contributed by atoms with Gasteiger partial charge in [-0.05, 0) is 25.0 Å². The van der Waals surface area contributed by atoms with Crippen LogP contribution in [0.3, 0.4) is 0 Å². The van der Waals surface area contributed by atoms with Crippen LogP contribution in [0.5, 0.6) is 0 Å². The molecule has 0 spiro atoms. The van der Waals surface area contributed by atoms with Gasteiger partial charge in [0.1, 0.15) is 5.82 Å². The number of carboxylic acid groups (broad SMARTS) is 1. The van der Waals surface area contributed by atoms with Crippen molar-refractivity contribution in [2.45, 2.75) is 19.3 Å². The zero-order valence-corrected chi connectivity index (χ0v) is 11.4. The number of hydrogen-bond donors (Lipinski definition) is 2. The van der Waals surface area contributed by atoms with Crippen LogP contribution < -0.4 is 4.90 Å². The van der Waals surface area contributed by atoms with E-state index in [9.17, 15) is 14.7 Å². The van der Waals surface area contributed by atoms with Crippen LogP contribution in [0.25, 0.3) is 0 Å². The highest BCUT2D eigenvalue weighted by molar-refractivity contribution is 6.05. The van der Waals surface area contributed by atoms with Gasteiger partial charge in [-0.2, -0.15) is 0 Å². The van der Waals surface area contributed by atoms with Gasteiger partial charge in [0, 0.05) is 12.2 Å². The second kappa shape index (κ2) is 5.01. The number of anilines is 1. The first-order chi connectivity index (χ1) is 10.1. The number of rotatable bonds is 2. The molecule has 1 aromatic heterocycles. The van der Waals surface area contributed by atoms with Crippen molar-refractivity contribution >= 4 is 17.6 Å². The van der Waals surface area contributed by atoms with E-state index in [1.54, 1.807) is 31.2 Å². The summed E-state index contributed by atoms with van der Waals surface area (Å²) >= 11 is 0. The van der Waals surface area contributed by atoms with E-state index in [1.807, 2.05) is 0 Å². The summed E-state index contributed by atoms with van der Waals surface area (Å²) in [5.74, 6) is -1.12. The Morgan fingerprint density at radius 3 is 2.81 bits per heavy atom. The van der Waals surface area contributed by atoms with Gasteiger partial charge in [0.15, 0.2) is 0 Å². The number of aromatic amines is 1. The number of carbonyl (C=O) groups excluding carboxylic acids is 1. The van der Waals surface area contributed by atoms with E-state index in [4.69, 9.17) is 0 Å². The fourth-order valence-electron chi connectivity index (χ4n) is 2.59. The summed E-state index contributed by atoms with van der Waals surface area (Å²) in [6.07, 6.45) is 0.376. The van der Waals surface area contributed by atoms with Gasteiger partial charge < -0.3 is 10.0 Å². The highest BCUT2D eigenvalue weighted by Gasteiger charge is 2.33. The van der Waals surface area contributed by atoms with Crippen LogP contribution in [-0.4, -0.2) is 38.7 Å². The molecular weight excluding hydrogens is 272 g/mol. The molecule has 1 unspecified atom stereocenters. The van der Waals surface area contributed by atoms with Gasteiger partial charge in [-0.3, -0.25) is 14.7 Å². The third kappa shape index (κ3) is 2.26. The Bertz CT molecular complexity index is 710. The predicted molar refractivity (Wildman–Crippen MR) is 74.2 cm³/mol. The smallest absolute Gasteiger partial charge is 0.311 e. The maximum atomic E-state index is 12.5. The van der Waals surface area contributed by atoms with E-state index < -0.39 is 11.9 Å². The van der Waals surface area contributed by atoms with Gasteiger partial charge >= 0.3 is 5.97 Å². The molecule has 1 aliphatic heterocycles. The number of benzene rings is 1. The molecule has 0 aliphatic carbocycles. The molecule has 1 aromatic carbocycles. The largest absolute Gasteiger partial charge is 0.481 e. The minimum Gasteiger partial charge on any atom is -0.481 e. The van der Waals surface area contributed by atoms with Crippen molar-refractivity contribution in [1.82, 2.24) is 15.2 Å². The highest BCUT2D eigenvalue weighted by atomic mass is 16.4. The van der Waals surface area contributed by atoms with Crippen LogP contribution >= 0.6 is 0 Å². The maximum absolute atomic E-state index is 12.5. The lowest BCUT2D eigenvalue weighted by atomic mass is 9.90. The summed E-state index contributed by atoms with van der Waals surface area (Å²) in [4.78, 5) is 29.4. The molecule has 1 aliphatic rings. The lowest BCUT2D eigenvalue weighted by Gasteiger charge is -2.31. The Morgan fingerprint density at radius 1 is 1.38 bits per heavy atom. The number of nitrogens with zero attached hydrogens (tertiary/aromatic N) is 3. The summed E-state index contributed by atoms with van der Waals surface area (Å²) in [7, 11) is 0. The number of fused-ring (bicyclic) bond motifs is 1. The first kappa shape index (κ1) is 13.3. The van der Waals surface area contributed by atoms with Crippen molar-refractivity contribution in [2.75, 3.05) is 11.4 Å². The molecule has 0 fully saturated rings. The van der Waals surface area contributed by atoms with E-state index in [-0.39, 0.29) is 11.7 Å². The second-order valence-electron chi connectivity index (χ2n) is 4.94. The van der Waals surface area contributed by atoms with E-state index in [2.05, 4.69) is 15.2 Å². The fourth-order valence-corrected chi connectivity index (χ4v) is 2.59. The molecule has 2 heterocycles. The lowest BCUT2D eigenvalue weighted by Crippen LogP contribution is -2.38. The van der Waals surface area contributed by atoms with Crippen molar-refractivity contribution in [3.8, 4) is 0 Å². The van der Waals surface area contributed by atoms with Crippen molar-refractivity contribution in [2.24, 2.45) is 0 Å². The number of aliphatic carboxylic acids is 1. The monoisotopic (exact) mass is 286 g/mol. The Labute approximate surface area is 120 Å². The molecule has 1 amide bonds. The predicted octanol–water partition coefficient (Wildman–Crippen LogP) is 1.33. The summed E-state index contributed by atoms with van der Waals surface area (Å²) in [5.41, 5.74) is 1.26. The number of para-hydroxylation sites is 1. The highest BCUT2D eigenvalue weighted by Crippen LogP contribution is 2.35. The van der Waals surface area contributed by atoms with Gasteiger partial charge in [0.25, 0.3) is 5.91 Å². The van der Waals surface area contributed by atoms with E-state index in [1.165, 1.54) is 4.90 Å². The first-order valence-corrected chi connectivity index (χ1v) is 6.60. The first-order valence-electron chi connectivity index (χ1n) is 6.60. The maximum Gasteiger partial charge on any atom is 0.311 e. The number of amides is 1. The van der Waals surface area contributed by atoms with Crippen LogP contribution in [0, 0.1) is 6.92 Å². The molecule has 0 saturated carbocycles. The summed E-state index contributed by atoms with van der Waals surface area (Å²) in [5, 5.41) is 15.8. The number of hydrogen-bond acceptors (Lipinski definition) is 4. The molecule has 108 valence electrons. The third-order valence-electron chi connectivity index (χ3n) is 3.58. The number of aromatic nitrogens is 3. The van der Waals surface area contributed by atoms with Crippen LogP contribution in [0.1, 0.15) is 34.3 Å². The number of carbonyl (C=O) groups is 2. The van der Waals surface area contributed by atoms with Gasteiger partial charge in [0.05, 0.1) is 5.92 Å². The number of carboxylic acids is 1. The Hall–Kier alpha value is -2.70. The van der Waals surface area contributed by atoms with E-state index in [0.29, 0.717) is 30.0 Å². The summed E-state index contributed by atoms with van der Waals surface area (Å²) in [6.45, 7) is 2.05. The van der Waals surface area contributed by atoms with Gasteiger partial charge in [-0.1, -0.05) is 18.2 Å². The molecule has 21 heavy (non-hydrogen) atoms. The number of nitrogens with one attached hydrogen (secondary N) is 1. The molecule has 0 saturated heterocycles. The number of aryl methyl sites for hydroxylation is 1. The quantitative estimate of drug-likeness (QED) is 0.867. The van der Waals surface area contributed by atoms with Crippen LogP contribution in [0.4, 0.5) is 5.69 Å². The van der Waals surface area contributed by atoms with Crippen molar-refractivity contribution in [3.05, 3.63) is 41.5 Å². The van der Waals surface area contributed by atoms with Crippen molar-refractivity contribution < 1.29 is 14.7 Å². The Morgan fingerprint density at radius 2 is 2.14 bits per heavy atom. The van der Waals surface area contributed by atoms with E-state index >= 15 is 0 Å². The topological polar surface area (TPSA) is 99.2 Å². The standard InChI is InChI=1S/C14H14N4O3/c1-8-15-12(17-16-8)13(19)18-7-6-10(14(20)21)9-4-2-3-5-11(9)18/h2-5,10H,6-7H2,1H3,(H,20,21)(H,15,16,17). The normalized spacial score (nSPS) is 17.4. The summed E-state index contributed by atoms with van der Waals surface area (Å²) < 4.78 is 0. The molecule has 1 atom stereocenters. The van der Waals surface area contributed by atoms with Crippen LogP contribution in [-0.2, 0) is 4.79 Å². The fraction of sp³-hybridized carbons (Fsp3) is 0.286. The Kier molecular flexibility index (Phi) is 3.17. The summed E-state index contributed by atoms with van der Waals surface area (Å²) in [6, 6.07) is 7.06. The molecule has 7 heteroatoms. The van der Waals surface area contributed by atoms with Crippen LogP contribution in [0.2, 0.25) is 0 Å². The van der Waals surface area contributed by atoms with Crippen LogP contribution in [0.15, 0.2) is 24.3 Å². The molecule has 0 radical (unpaired) electrons. The van der Waals surface area contributed by atoms with Gasteiger partial charge in [0.2, 0.25) is 5.82 Å². The van der Waals surface area contributed by atoms with Gasteiger partial charge in [-0.25, -0.2) is 4.98 Å². The Balaban J connectivity index is 2.00. The van der Waals surface area contributed by atoms with Crippen molar-refractivity contribution in [3.63, 3.8) is 0 Å². The molecule has 2 N–H and O–H groups in total. The van der Waals surface area contributed by atoms with E-state index in [0.717, 1.165) is 0 Å². The lowest BCUT2D eigenvalue weighted by molar-refractivity contribution is -0.139. The average molecular weight is 286 g/mol. The minimum absolute atomic E-state index is 0.0936. The zero-order chi connectivity index (χ0) is 15.0. The second-order valence-corrected chi connectivity index (χ2v) is 4.94. The van der Waals surface area contributed by atoms with Gasteiger partial charge in [-0.15, -0.1) is 5.10 Å². The molecule has 2 aromatic rings. The molecule has 7 nitrogen and oxygen atoms in total. The molecule has 0 bridgehead atoms. The SMILES string of the molecule is Cc1nc(C(=O)N2CCC(C(=O)O)c3ccccc32)n[nH]1. The van der Waals surface area contributed by atoms with Crippen molar-refractivity contribution in [1.29, 1.82) is 0 Å². The molecular formula is C14H14N4O3. The molecule has 3 rings (SSSR count).